The van der Waals surface area contributed by atoms with Gasteiger partial charge in [-0.1, -0.05) is 222 Å². The molecule has 0 N–H and O–H groups in total. The van der Waals surface area contributed by atoms with Crippen LogP contribution < -0.4 is 9.80 Å². The lowest BCUT2D eigenvalue weighted by molar-refractivity contribution is 0.613. The van der Waals surface area contributed by atoms with Crippen LogP contribution in [0.4, 0.5) is 22.7 Å². The maximum absolute atomic E-state index is 2.73. The van der Waals surface area contributed by atoms with E-state index in [1.54, 1.807) is 0 Å². The van der Waals surface area contributed by atoms with Gasteiger partial charge in [0.15, 0.2) is 0 Å². The van der Waals surface area contributed by atoms with Crippen molar-refractivity contribution in [2.24, 2.45) is 0 Å². The third-order valence-electron chi connectivity index (χ3n) is 14.6. The van der Waals surface area contributed by atoms with E-state index < -0.39 is 5.54 Å². The van der Waals surface area contributed by atoms with Crippen LogP contribution in [0.1, 0.15) is 78.5 Å². The van der Waals surface area contributed by atoms with Crippen molar-refractivity contribution in [1.29, 1.82) is 0 Å². The maximum atomic E-state index is 2.73. The van der Waals surface area contributed by atoms with Crippen LogP contribution in [0.2, 0.25) is 0 Å². The Hall–Kier alpha value is -8.40. The van der Waals surface area contributed by atoms with Gasteiger partial charge < -0.3 is 14.4 Å². The predicted octanol–water partition coefficient (Wildman–Crippen LogP) is 17.9. The lowest BCUT2D eigenvalue weighted by Gasteiger charge is -2.46. The van der Waals surface area contributed by atoms with E-state index in [4.69, 9.17) is 0 Å². The summed E-state index contributed by atoms with van der Waals surface area (Å²) in [6.07, 6.45) is 0. The van der Waals surface area contributed by atoms with E-state index in [0.717, 1.165) is 28.3 Å². The van der Waals surface area contributed by atoms with Gasteiger partial charge in [-0.2, -0.15) is 0 Å². The Balaban J connectivity index is 1.07. The summed E-state index contributed by atoms with van der Waals surface area (Å²) in [7, 11) is 0. The van der Waals surface area contributed by atoms with Crippen molar-refractivity contribution >= 4 is 44.6 Å². The van der Waals surface area contributed by atoms with Crippen LogP contribution in [0.25, 0.3) is 38.6 Å². The standard InChI is InChI=1S/C68H56N3/c1-47(2)58-32-21-33-59(48(3)4)67(58)71-66(61-31-17-19-34-63(61)68(71,52-24-11-6-12-25-52)53-26-13-7-14-27-53)51-38-42-56(43-39-51)69(55-40-36-50(37-41-55)49-22-9-5-10-23-49)57-44-45-65-62(46-57)60-30-18-20-35-64(60)70(65)54-28-15-8-16-29-54/h5-48H,1-4H3. The molecule has 3 heteroatoms. The number of anilines is 4. The van der Waals surface area contributed by atoms with E-state index in [0.29, 0.717) is 0 Å². The highest BCUT2D eigenvalue weighted by molar-refractivity contribution is 6.10. The molecule has 0 unspecified atom stereocenters. The number of aromatic nitrogens is 1. The quantitative estimate of drug-likeness (QED) is 0.128. The molecule has 0 fully saturated rings. The summed E-state index contributed by atoms with van der Waals surface area (Å²) in [5.41, 5.74) is 18.5. The Morgan fingerprint density at radius 2 is 0.859 bits per heavy atom. The van der Waals surface area contributed by atoms with Gasteiger partial charge in [0.1, 0.15) is 11.6 Å². The molecule has 0 bridgehead atoms. The van der Waals surface area contributed by atoms with Crippen LogP contribution in [0.5, 0.6) is 0 Å². The fourth-order valence-corrected chi connectivity index (χ4v) is 11.4. The van der Waals surface area contributed by atoms with Crippen molar-refractivity contribution in [3.05, 3.63) is 300 Å². The highest BCUT2D eigenvalue weighted by atomic mass is 15.3. The van der Waals surface area contributed by atoms with Gasteiger partial charge >= 0.3 is 0 Å². The van der Waals surface area contributed by atoms with Crippen LogP contribution in [-0.2, 0) is 5.54 Å². The van der Waals surface area contributed by atoms with E-state index in [-0.39, 0.29) is 11.8 Å². The zero-order valence-corrected chi connectivity index (χ0v) is 40.7. The van der Waals surface area contributed by atoms with Gasteiger partial charge in [0.25, 0.3) is 0 Å². The van der Waals surface area contributed by atoms with Gasteiger partial charge in [0, 0.05) is 39.2 Å². The van der Waals surface area contributed by atoms with Crippen molar-refractivity contribution < 1.29 is 0 Å². The number of rotatable bonds is 11. The third kappa shape index (κ3) is 7.34. The molecule has 1 aliphatic rings. The minimum Gasteiger partial charge on any atom is -0.336 e. The van der Waals surface area contributed by atoms with Crippen molar-refractivity contribution in [2.45, 2.75) is 45.1 Å². The molecular weight excluding hydrogens is 859 g/mol. The Morgan fingerprint density at radius 3 is 1.46 bits per heavy atom. The third-order valence-corrected chi connectivity index (χ3v) is 14.6. The molecule has 0 atom stereocenters. The fraction of sp³-hybridized carbons (Fsp3) is 0.103. The molecule has 343 valence electrons. The summed E-state index contributed by atoms with van der Waals surface area (Å²) in [5, 5.41) is 2.43. The summed E-state index contributed by atoms with van der Waals surface area (Å²) in [6.45, 7) is 9.35. The molecule has 0 saturated heterocycles. The van der Waals surface area contributed by atoms with Crippen LogP contribution in [-0.4, -0.2) is 4.57 Å². The second-order valence-corrected chi connectivity index (χ2v) is 19.5. The first-order valence-electron chi connectivity index (χ1n) is 25.1. The Morgan fingerprint density at radius 1 is 0.380 bits per heavy atom. The van der Waals surface area contributed by atoms with Gasteiger partial charge in [-0.3, -0.25) is 0 Å². The number of hydrogen-bond acceptors (Lipinski definition) is 2. The zero-order valence-electron chi connectivity index (χ0n) is 40.7. The molecule has 12 rings (SSSR count). The number of benzene rings is 10. The Labute approximate surface area is 418 Å². The van der Waals surface area contributed by atoms with Crippen molar-refractivity contribution in [1.82, 2.24) is 4.57 Å². The minimum absolute atomic E-state index is 0.279. The lowest BCUT2D eigenvalue weighted by atomic mass is 9.76. The van der Waals surface area contributed by atoms with Crippen molar-refractivity contribution in [3.63, 3.8) is 0 Å². The maximum Gasteiger partial charge on any atom is 0.124 e. The lowest BCUT2D eigenvalue weighted by Crippen LogP contribution is -2.46. The van der Waals surface area contributed by atoms with Gasteiger partial charge in [0.05, 0.1) is 11.0 Å². The topological polar surface area (TPSA) is 11.4 Å². The first kappa shape index (κ1) is 43.9. The van der Waals surface area contributed by atoms with E-state index in [2.05, 4.69) is 297 Å². The number of fused-ring (bicyclic) bond motifs is 4. The molecule has 3 nitrogen and oxygen atoms in total. The monoisotopic (exact) mass is 914 g/mol. The van der Waals surface area contributed by atoms with Gasteiger partial charge in [-0.25, -0.2) is 0 Å². The molecule has 10 aromatic carbocycles. The van der Waals surface area contributed by atoms with Gasteiger partial charge in [0.2, 0.25) is 0 Å². The minimum atomic E-state index is -0.678. The predicted molar refractivity (Wildman–Crippen MR) is 299 cm³/mol. The Kier molecular flexibility index (Phi) is 11.2. The molecule has 0 amide bonds. The molecule has 1 aromatic heterocycles. The van der Waals surface area contributed by atoms with Crippen molar-refractivity contribution in [2.75, 3.05) is 9.80 Å². The van der Waals surface area contributed by atoms with E-state index in [1.165, 1.54) is 78.0 Å². The molecule has 0 aliphatic carbocycles. The average molecular weight is 915 g/mol. The second-order valence-electron chi connectivity index (χ2n) is 19.5. The highest BCUT2D eigenvalue weighted by Crippen LogP contribution is 2.59. The summed E-state index contributed by atoms with van der Waals surface area (Å²) in [4.78, 5) is 5.15. The van der Waals surface area contributed by atoms with Crippen LogP contribution >= 0.6 is 0 Å². The largest absolute Gasteiger partial charge is 0.336 e. The summed E-state index contributed by atoms with van der Waals surface area (Å²) in [5.74, 6) is 0.558. The molecule has 1 radical (unpaired) electrons. The number of para-hydroxylation sites is 3. The summed E-state index contributed by atoms with van der Waals surface area (Å²) >= 11 is 0. The second kappa shape index (κ2) is 18.2. The van der Waals surface area contributed by atoms with Crippen LogP contribution in [0, 0.1) is 6.04 Å². The zero-order chi connectivity index (χ0) is 48.1. The Bertz CT molecular complexity index is 3570. The van der Waals surface area contributed by atoms with Crippen LogP contribution in [0.3, 0.4) is 0 Å². The first-order valence-corrected chi connectivity index (χ1v) is 25.1. The molecule has 0 saturated carbocycles. The fourth-order valence-electron chi connectivity index (χ4n) is 11.4. The summed E-state index contributed by atoms with van der Waals surface area (Å²) < 4.78 is 2.39. The highest BCUT2D eigenvalue weighted by Gasteiger charge is 2.54. The first-order chi connectivity index (χ1) is 34.9. The smallest absolute Gasteiger partial charge is 0.124 e. The molecule has 71 heavy (non-hydrogen) atoms. The van der Waals surface area contributed by atoms with Crippen molar-refractivity contribution in [3.8, 4) is 16.8 Å². The molecule has 11 aromatic rings. The average Bonchev–Trinajstić information content (AvgIpc) is 3.93. The van der Waals surface area contributed by atoms with Gasteiger partial charge in [-0.15, -0.1) is 0 Å². The molecule has 1 aliphatic heterocycles. The van der Waals surface area contributed by atoms with E-state index >= 15 is 0 Å². The SMILES string of the molecule is CC(C)c1cccc(C(C)C)c1N1[C](c2ccc(N(c3ccc(-c4ccccc4)cc3)c3ccc4c(c3)c3ccccc3n4-c3ccccc3)cc2)c2ccccc2C1(c1ccccc1)c1ccccc1. The van der Waals surface area contributed by atoms with E-state index in [1.807, 2.05) is 0 Å². The summed E-state index contributed by atoms with van der Waals surface area (Å²) in [6, 6.07) is 95.2. The molecule has 0 spiro atoms. The van der Waals surface area contributed by atoms with Crippen LogP contribution in [0.15, 0.2) is 255 Å². The van der Waals surface area contributed by atoms with Gasteiger partial charge in [-0.05, 0) is 123 Å². The molecular formula is C68H56N3. The van der Waals surface area contributed by atoms with E-state index in [9.17, 15) is 0 Å². The number of nitrogens with zero attached hydrogens (tertiary/aromatic N) is 3. The normalized spacial score (nSPS) is 13.4. The number of hydrogen-bond donors (Lipinski definition) is 0. The molecule has 2 heterocycles.